The summed E-state index contributed by atoms with van der Waals surface area (Å²) in [7, 11) is 0. The van der Waals surface area contributed by atoms with Gasteiger partial charge in [0.05, 0.1) is 6.42 Å². The Bertz CT molecular complexity index is 382. The first-order valence-corrected chi connectivity index (χ1v) is 5.34. The minimum absolute atomic E-state index is 0.0420. The van der Waals surface area contributed by atoms with Crippen LogP contribution in [-0.2, 0) is 4.79 Å². The van der Waals surface area contributed by atoms with E-state index in [9.17, 15) is 4.79 Å². The number of benzene rings is 1. The smallest absolute Gasteiger partial charge is 0.304 e. The summed E-state index contributed by atoms with van der Waals surface area (Å²) in [6.45, 7) is 2.35. The van der Waals surface area contributed by atoms with Gasteiger partial charge in [-0.15, -0.1) is 0 Å². The van der Waals surface area contributed by atoms with Gasteiger partial charge in [-0.3, -0.25) is 4.79 Å². The molecule has 4 nitrogen and oxygen atoms in total. The molecule has 0 aliphatic carbocycles. The summed E-state index contributed by atoms with van der Waals surface area (Å²) in [6, 6.07) is 5.07. The van der Waals surface area contributed by atoms with Crippen LogP contribution in [0, 0.1) is 6.92 Å². The molecule has 1 atom stereocenters. The Morgan fingerprint density at radius 3 is 2.88 bits per heavy atom. The van der Waals surface area contributed by atoms with Gasteiger partial charge >= 0.3 is 5.97 Å². The van der Waals surface area contributed by atoms with Crippen LogP contribution >= 0.6 is 11.6 Å². The zero-order valence-corrected chi connectivity index (χ0v) is 9.79. The lowest BCUT2D eigenvalue weighted by atomic mass is 10.1. The molecule has 1 rings (SSSR count). The first kappa shape index (κ1) is 12.8. The Balaban J connectivity index is 2.51. The SMILES string of the molecule is Cc1cc(Cl)ccc1NCC(N)CC(=O)O. The van der Waals surface area contributed by atoms with Gasteiger partial charge in [0.2, 0.25) is 0 Å². The molecule has 0 fully saturated rings. The molecule has 0 bridgehead atoms. The van der Waals surface area contributed by atoms with Gasteiger partial charge in [0, 0.05) is 23.3 Å². The first-order valence-electron chi connectivity index (χ1n) is 4.96. The first-order chi connectivity index (χ1) is 7.49. The Morgan fingerprint density at radius 1 is 1.62 bits per heavy atom. The highest BCUT2D eigenvalue weighted by Crippen LogP contribution is 2.19. The number of anilines is 1. The van der Waals surface area contributed by atoms with Crippen molar-refractivity contribution in [3.8, 4) is 0 Å². The average molecular weight is 243 g/mol. The molecule has 0 amide bonds. The summed E-state index contributed by atoms with van der Waals surface area (Å²) in [5.74, 6) is -0.887. The summed E-state index contributed by atoms with van der Waals surface area (Å²) < 4.78 is 0. The van der Waals surface area contributed by atoms with Gasteiger partial charge in [-0.25, -0.2) is 0 Å². The number of nitrogens with one attached hydrogen (secondary N) is 1. The third-order valence-electron chi connectivity index (χ3n) is 2.18. The number of carboxylic acids is 1. The Labute approximate surface area is 99.4 Å². The van der Waals surface area contributed by atoms with Gasteiger partial charge in [0.15, 0.2) is 0 Å². The molecular weight excluding hydrogens is 228 g/mol. The van der Waals surface area contributed by atoms with Crippen LogP contribution in [0.3, 0.4) is 0 Å². The van der Waals surface area contributed by atoms with E-state index in [0.717, 1.165) is 11.3 Å². The summed E-state index contributed by atoms with van der Waals surface area (Å²) in [4.78, 5) is 10.4. The molecular formula is C11H15ClN2O2. The van der Waals surface area contributed by atoms with E-state index < -0.39 is 12.0 Å². The summed E-state index contributed by atoms with van der Waals surface area (Å²) in [5.41, 5.74) is 7.56. The van der Waals surface area contributed by atoms with Gasteiger partial charge < -0.3 is 16.2 Å². The molecule has 0 saturated heterocycles. The van der Waals surface area contributed by atoms with E-state index in [0.29, 0.717) is 11.6 Å². The van der Waals surface area contributed by atoms with Crippen molar-refractivity contribution in [2.24, 2.45) is 5.73 Å². The van der Waals surface area contributed by atoms with Crippen LogP contribution in [0.2, 0.25) is 5.02 Å². The van der Waals surface area contributed by atoms with Crippen molar-refractivity contribution in [1.29, 1.82) is 0 Å². The maximum absolute atomic E-state index is 10.4. The Kier molecular flexibility index (Phi) is 4.58. The van der Waals surface area contributed by atoms with Gasteiger partial charge in [-0.1, -0.05) is 11.6 Å². The van der Waals surface area contributed by atoms with Crippen molar-refractivity contribution in [2.45, 2.75) is 19.4 Å². The predicted molar refractivity (Wildman–Crippen MR) is 64.9 cm³/mol. The number of nitrogens with two attached hydrogens (primary N) is 1. The second kappa shape index (κ2) is 5.72. The maximum atomic E-state index is 10.4. The van der Waals surface area contributed by atoms with E-state index in [1.807, 2.05) is 19.1 Å². The normalized spacial score (nSPS) is 12.2. The maximum Gasteiger partial charge on any atom is 0.304 e. The van der Waals surface area contributed by atoms with Crippen LogP contribution in [0.25, 0.3) is 0 Å². The van der Waals surface area contributed by atoms with Crippen LogP contribution in [0.15, 0.2) is 18.2 Å². The van der Waals surface area contributed by atoms with Crippen molar-refractivity contribution in [2.75, 3.05) is 11.9 Å². The highest BCUT2D eigenvalue weighted by Gasteiger charge is 2.08. The standard InChI is InChI=1S/C11H15ClN2O2/c1-7-4-8(12)2-3-10(7)14-6-9(13)5-11(15)16/h2-4,9,14H,5-6,13H2,1H3,(H,15,16). The number of halogens is 1. The van der Waals surface area contributed by atoms with Crippen LogP contribution in [0.4, 0.5) is 5.69 Å². The van der Waals surface area contributed by atoms with Crippen LogP contribution in [-0.4, -0.2) is 23.7 Å². The van der Waals surface area contributed by atoms with E-state index in [1.54, 1.807) is 6.07 Å². The van der Waals surface area contributed by atoms with E-state index >= 15 is 0 Å². The molecule has 1 unspecified atom stereocenters. The number of hydrogen-bond acceptors (Lipinski definition) is 3. The zero-order chi connectivity index (χ0) is 12.1. The third kappa shape index (κ3) is 4.08. The predicted octanol–water partition coefficient (Wildman–Crippen LogP) is 1.86. The summed E-state index contributed by atoms with van der Waals surface area (Å²) in [5, 5.41) is 12.3. The number of carboxylic acid groups (broad SMARTS) is 1. The Hall–Kier alpha value is -1.26. The molecule has 0 spiro atoms. The van der Waals surface area contributed by atoms with Gasteiger partial charge in [0.1, 0.15) is 0 Å². The van der Waals surface area contributed by atoms with E-state index in [2.05, 4.69) is 5.32 Å². The van der Waals surface area contributed by atoms with Gasteiger partial charge in [-0.05, 0) is 30.7 Å². The highest BCUT2D eigenvalue weighted by atomic mass is 35.5. The van der Waals surface area contributed by atoms with Crippen LogP contribution in [0.1, 0.15) is 12.0 Å². The molecule has 0 aromatic heterocycles. The van der Waals surface area contributed by atoms with Crippen LogP contribution in [0.5, 0.6) is 0 Å². The average Bonchev–Trinajstić information content (AvgIpc) is 2.15. The molecule has 16 heavy (non-hydrogen) atoms. The van der Waals surface area contributed by atoms with Crippen molar-refractivity contribution in [3.05, 3.63) is 28.8 Å². The number of rotatable bonds is 5. The fraction of sp³-hybridized carbons (Fsp3) is 0.364. The van der Waals surface area contributed by atoms with Crippen molar-refractivity contribution in [3.63, 3.8) is 0 Å². The second-order valence-electron chi connectivity index (χ2n) is 3.70. The summed E-state index contributed by atoms with van der Waals surface area (Å²) >= 11 is 5.82. The minimum Gasteiger partial charge on any atom is -0.481 e. The van der Waals surface area contributed by atoms with Gasteiger partial charge in [0.25, 0.3) is 0 Å². The van der Waals surface area contributed by atoms with Crippen molar-refractivity contribution >= 4 is 23.3 Å². The molecule has 0 radical (unpaired) electrons. The molecule has 4 N–H and O–H groups in total. The number of hydrogen-bond donors (Lipinski definition) is 3. The lowest BCUT2D eigenvalue weighted by molar-refractivity contribution is -0.137. The highest BCUT2D eigenvalue weighted by molar-refractivity contribution is 6.30. The van der Waals surface area contributed by atoms with E-state index in [-0.39, 0.29) is 6.42 Å². The van der Waals surface area contributed by atoms with Crippen molar-refractivity contribution < 1.29 is 9.90 Å². The minimum atomic E-state index is -0.887. The molecule has 1 aromatic carbocycles. The lowest BCUT2D eigenvalue weighted by Gasteiger charge is -2.13. The molecule has 0 heterocycles. The fourth-order valence-corrected chi connectivity index (χ4v) is 1.59. The molecule has 0 saturated carbocycles. The topological polar surface area (TPSA) is 75.3 Å². The van der Waals surface area contributed by atoms with Crippen molar-refractivity contribution in [1.82, 2.24) is 0 Å². The van der Waals surface area contributed by atoms with E-state index in [1.165, 1.54) is 0 Å². The third-order valence-corrected chi connectivity index (χ3v) is 2.42. The second-order valence-corrected chi connectivity index (χ2v) is 4.13. The summed E-state index contributed by atoms with van der Waals surface area (Å²) in [6.07, 6.45) is -0.0420. The monoisotopic (exact) mass is 242 g/mol. The van der Waals surface area contributed by atoms with Crippen LogP contribution < -0.4 is 11.1 Å². The molecule has 1 aromatic rings. The number of carbonyl (C=O) groups is 1. The molecule has 0 aliphatic rings. The fourth-order valence-electron chi connectivity index (χ4n) is 1.36. The molecule has 0 aliphatic heterocycles. The molecule has 88 valence electrons. The zero-order valence-electron chi connectivity index (χ0n) is 9.03. The Morgan fingerprint density at radius 2 is 2.31 bits per heavy atom. The number of aryl methyl sites for hydroxylation is 1. The lowest BCUT2D eigenvalue weighted by Crippen LogP contribution is -2.31. The number of aliphatic carboxylic acids is 1. The van der Waals surface area contributed by atoms with E-state index in [4.69, 9.17) is 22.4 Å². The molecule has 5 heteroatoms. The quantitative estimate of drug-likeness (QED) is 0.737. The largest absolute Gasteiger partial charge is 0.481 e. The van der Waals surface area contributed by atoms with Gasteiger partial charge in [-0.2, -0.15) is 0 Å².